The van der Waals surface area contributed by atoms with Crippen LogP contribution in [-0.2, 0) is 14.4 Å². The van der Waals surface area contributed by atoms with E-state index in [0.29, 0.717) is 13.0 Å². The number of allylic oxidation sites excluding steroid dienone is 3. The van der Waals surface area contributed by atoms with Crippen molar-refractivity contribution in [2.24, 2.45) is 51.2 Å². The van der Waals surface area contributed by atoms with Crippen LogP contribution in [-0.4, -0.2) is 34.7 Å². The molecule has 5 aliphatic rings. The zero-order valence-electron chi connectivity index (χ0n) is 24.1. The van der Waals surface area contributed by atoms with Gasteiger partial charge in [0, 0.05) is 29.7 Å². The van der Waals surface area contributed by atoms with E-state index in [1.54, 1.807) is 13.0 Å². The molecule has 0 bridgehead atoms. The first-order chi connectivity index (χ1) is 17.6. The van der Waals surface area contributed by atoms with E-state index < -0.39 is 16.8 Å². The highest BCUT2D eigenvalue weighted by Gasteiger charge is 2.69. The van der Waals surface area contributed by atoms with Gasteiger partial charge in [0.2, 0.25) is 11.6 Å². The first-order valence-corrected chi connectivity index (χ1v) is 14.5. The molecule has 0 saturated heterocycles. The molecule has 6 nitrogen and oxygen atoms in total. The summed E-state index contributed by atoms with van der Waals surface area (Å²) in [4.78, 5) is 44.0. The molecule has 2 N–H and O–H groups in total. The lowest BCUT2D eigenvalue weighted by Crippen LogP contribution is -2.65. The lowest BCUT2D eigenvalue weighted by Gasteiger charge is -2.67. The van der Waals surface area contributed by atoms with Crippen molar-refractivity contribution in [3.8, 4) is 0 Å². The van der Waals surface area contributed by atoms with Gasteiger partial charge in [0.25, 0.3) is 0 Å². The molecule has 3 saturated carbocycles. The number of carbonyl (C=O) groups is 3. The SMILES string of the molecule is [C-]#[N+]C1=C[C@]2(C)C3=CC(=O)[C@@H]4[C@@H]5CC(C)(C)C[C@@H](C(=O)NCC)C5CC[C@@]4(C)[C@]3(C)CC[C@H]2[C@](C)(O)C1=O. The number of nitrogens with zero attached hydrogens (tertiary/aromatic N) is 1. The van der Waals surface area contributed by atoms with Crippen LogP contribution in [0.1, 0.15) is 87.0 Å². The third kappa shape index (κ3) is 3.43. The summed E-state index contributed by atoms with van der Waals surface area (Å²) in [6.45, 7) is 22.8. The number of Topliss-reactive ketones (excluding diaryl/α,β-unsaturated/α-hetero) is 1. The van der Waals surface area contributed by atoms with Gasteiger partial charge in [-0.2, -0.15) is 0 Å². The maximum Gasteiger partial charge on any atom is 0.229 e. The second kappa shape index (κ2) is 8.37. The molecule has 206 valence electrons. The van der Waals surface area contributed by atoms with Crippen LogP contribution < -0.4 is 5.32 Å². The normalized spacial score (nSPS) is 47.3. The molecule has 0 aliphatic heterocycles. The Morgan fingerprint density at radius 2 is 1.76 bits per heavy atom. The van der Waals surface area contributed by atoms with Gasteiger partial charge in [0.1, 0.15) is 5.60 Å². The van der Waals surface area contributed by atoms with E-state index in [4.69, 9.17) is 6.57 Å². The van der Waals surface area contributed by atoms with Crippen molar-refractivity contribution in [1.29, 1.82) is 0 Å². The van der Waals surface area contributed by atoms with Gasteiger partial charge in [0.15, 0.2) is 11.6 Å². The second-order valence-electron chi connectivity index (χ2n) is 14.6. The van der Waals surface area contributed by atoms with Crippen molar-refractivity contribution < 1.29 is 19.5 Å². The topological polar surface area (TPSA) is 87.8 Å². The Morgan fingerprint density at radius 1 is 1.08 bits per heavy atom. The van der Waals surface area contributed by atoms with Crippen LogP contribution in [0.4, 0.5) is 0 Å². The van der Waals surface area contributed by atoms with E-state index in [2.05, 4.69) is 37.9 Å². The van der Waals surface area contributed by atoms with Gasteiger partial charge >= 0.3 is 0 Å². The van der Waals surface area contributed by atoms with E-state index >= 15 is 0 Å². The summed E-state index contributed by atoms with van der Waals surface area (Å²) in [7, 11) is 0. The standard InChI is InChI=1S/C32H44N2O4/c1-9-34-27(37)20-16-28(2,3)15-19-18(20)10-12-31(6)25(19)22(35)14-24-29(4)17-21(33-8)26(36)32(7,38)23(29)11-13-30(24,31)5/h14,17-20,23,25,38H,9-13,15-16H2,1-7H3,(H,34,37)/t18?,19-,20-,23-,25+,29+,30-,31-,32+/m1/s1. The number of nitrogens with one attached hydrogen (secondary N) is 1. The van der Waals surface area contributed by atoms with E-state index in [1.807, 2.05) is 19.9 Å². The first kappa shape index (κ1) is 27.3. The average Bonchev–Trinajstić information content (AvgIpc) is 2.82. The summed E-state index contributed by atoms with van der Waals surface area (Å²) >= 11 is 0. The minimum atomic E-state index is -1.64. The Labute approximate surface area is 227 Å². The Kier molecular flexibility index (Phi) is 6.02. The molecule has 6 heteroatoms. The van der Waals surface area contributed by atoms with Gasteiger partial charge in [-0.3, -0.25) is 9.59 Å². The van der Waals surface area contributed by atoms with E-state index in [0.717, 1.165) is 37.7 Å². The quantitative estimate of drug-likeness (QED) is 0.485. The predicted octanol–water partition coefficient (Wildman–Crippen LogP) is 5.28. The minimum Gasteiger partial charge on any atom is -0.383 e. The fraction of sp³-hybridized carbons (Fsp3) is 0.750. The van der Waals surface area contributed by atoms with Crippen LogP contribution in [0.5, 0.6) is 0 Å². The van der Waals surface area contributed by atoms with Crippen molar-refractivity contribution in [2.45, 2.75) is 92.6 Å². The second-order valence-corrected chi connectivity index (χ2v) is 14.6. The van der Waals surface area contributed by atoms with Crippen LogP contribution in [0.25, 0.3) is 4.85 Å². The van der Waals surface area contributed by atoms with Gasteiger partial charge < -0.3 is 15.2 Å². The molecule has 0 aromatic heterocycles. The third-order valence-corrected chi connectivity index (χ3v) is 12.0. The number of fused-ring (bicyclic) bond motifs is 7. The van der Waals surface area contributed by atoms with Crippen LogP contribution >= 0.6 is 0 Å². The monoisotopic (exact) mass is 520 g/mol. The first-order valence-electron chi connectivity index (χ1n) is 14.5. The fourth-order valence-corrected chi connectivity index (χ4v) is 10.2. The van der Waals surface area contributed by atoms with Crippen LogP contribution in [0.2, 0.25) is 0 Å². The number of rotatable bonds is 2. The zero-order chi connectivity index (χ0) is 28.1. The summed E-state index contributed by atoms with van der Waals surface area (Å²) in [5.41, 5.74) is -2.09. The number of ketones is 2. The molecule has 5 rings (SSSR count). The minimum absolute atomic E-state index is 0.0267. The molecule has 0 radical (unpaired) electrons. The number of hydrogen-bond acceptors (Lipinski definition) is 4. The van der Waals surface area contributed by atoms with Gasteiger partial charge in [-0.25, -0.2) is 4.85 Å². The molecule has 9 atom stereocenters. The molecule has 0 aromatic carbocycles. The molecule has 5 aliphatic carbocycles. The molecule has 1 amide bonds. The summed E-state index contributed by atoms with van der Waals surface area (Å²) in [6.07, 6.45) is 8.61. The molecular formula is C32H44N2O4. The van der Waals surface area contributed by atoms with Crippen molar-refractivity contribution in [2.75, 3.05) is 6.54 Å². The van der Waals surface area contributed by atoms with Crippen LogP contribution in [0.3, 0.4) is 0 Å². The Bertz CT molecular complexity index is 1200. The van der Waals surface area contributed by atoms with Crippen molar-refractivity contribution >= 4 is 17.5 Å². The predicted molar refractivity (Wildman–Crippen MR) is 145 cm³/mol. The summed E-state index contributed by atoms with van der Waals surface area (Å²) in [6, 6.07) is 0. The molecular weight excluding hydrogens is 476 g/mol. The van der Waals surface area contributed by atoms with Crippen molar-refractivity contribution in [3.63, 3.8) is 0 Å². The zero-order valence-corrected chi connectivity index (χ0v) is 24.1. The summed E-state index contributed by atoms with van der Waals surface area (Å²) in [5.74, 6) is -0.537. The number of amides is 1. The van der Waals surface area contributed by atoms with Gasteiger partial charge in [-0.05, 0) is 86.5 Å². The van der Waals surface area contributed by atoms with Crippen molar-refractivity contribution in [3.05, 3.63) is 34.8 Å². The molecule has 38 heavy (non-hydrogen) atoms. The lowest BCUT2D eigenvalue weighted by molar-refractivity contribution is -0.168. The van der Waals surface area contributed by atoms with E-state index in [1.165, 1.54) is 0 Å². The largest absolute Gasteiger partial charge is 0.383 e. The highest BCUT2D eigenvalue weighted by molar-refractivity contribution is 6.05. The van der Waals surface area contributed by atoms with Crippen LogP contribution in [0.15, 0.2) is 23.4 Å². The third-order valence-electron chi connectivity index (χ3n) is 12.0. The fourth-order valence-electron chi connectivity index (χ4n) is 10.2. The Balaban J connectivity index is 1.64. The molecule has 0 aromatic rings. The molecule has 3 fully saturated rings. The highest BCUT2D eigenvalue weighted by atomic mass is 16.3. The average molecular weight is 521 g/mol. The van der Waals surface area contributed by atoms with Crippen LogP contribution in [0, 0.1) is 57.8 Å². The van der Waals surface area contributed by atoms with E-state index in [-0.39, 0.29) is 63.2 Å². The molecule has 0 spiro atoms. The van der Waals surface area contributed by atoms with Gasteiger partial charge in [0.05, 0.1) is 6.57 Å². The van der Waals surface area contributed by atoms with Crippen molar-refractivity contribution in [1.82, 2.24) is 5.32 Å². The van der Waals surface area contributed by atoms with Gasteiger partial charge in [-0.1, -0.05) is 46.3 Å². The number of aliphatic hydroxyl groups is 1. The maximum atomic E-state index is 14.3. The van der Waals surface area contributed by atoms with E-state index in [9.17, 15) is 19.5 Å². The highest BCUT2D eigenvalue weighted by Crippen LogP contribution is 2.72. The maximum absolute atomic E-state index is 14.3. The summed E-state index contributed by atoms with van der Waals surface area (Å²) < 4.78 is 0. The summed E-state index contributed by atoms with van der Waals surface area (Å²) in [5, 5.41) is 14.5. The molecule has 1 unspecified atom stereocenters. The van der Waals surface area contributed by atoms with Gasteiger partial charge in [-0.15, -0.1) is 0 Å². The Hall–Kier alpha value is -2.26. The number of hydrogen-bond donors (Lipinski definition) is 2. The number of carbonyl (C=O) groups excluding carboxylic acids is 3. The lowest BCUT2D eigenvalue weighted by atomic mass is 9.36. The Morgan fingerprint density at radius 3 is 2.39 bits per heavy atom. The molecule has 0 heterocycles. The smallest absolute Gasteiger partial charge is 0.229 e.